The SMILES string of the molecule is CCCC[C@]1([Sn]([CH2]CCC)([CH2]CCC)[CH2]CCC)[C@H](COCOC)[C@@H]1[Sn]([CH2]CCC)([CH2]CCC)[CH2]CCC. The van der Waals surface area contributed by atoms with Gasteiger partial charge in [0.05, 0.1) is 0 Å². The Bertz CT molecular complexity index is 525. The quantitative estimate of drug-likeness (QED) is 0.0473. The second-order valence-electron chi connectivity index (χ2n) is 13.3. The predicted octanol–water partition coefficient (Wildman–Crippen LogP) is 12.2. The topological polar surface area (TPSA) is 18.5 Å². The first-order valence-corrected chi connectivity index (χ1v) is 32.7. The molecular formula is C34H72O2Sn2. The van der Waals surface area contributed by atoms with Crippen molar-refractivity contribution in [2.75, 3.05) is 20.5 Å². The molecule has 0 saturated heterocycles. The molecule has 1 fully saturated rings. The van der Waals surface area contributed by atoms with Crippen molar-refractivity contribution in [1.29, 1.82) is 0 Å². The van der Waals surface area contributed by atoms with Crippen LogP contribution in [0.5, 0.6) is 0 Å². The van der Waals surface area contributed by atoms with Gasteiger partial charge < -0.3 is 0 Å². The Labute approximate surface area is 249 Å². The van der Waals surface area contributed by atoms with Crippen LogP contribution in [0.1, 0.15) is 145 Å². The molecule has 0 bridgehead atoms. The normalized spacial score (nSPS) is 21.8. The van der Waals surface area contributed by atoms with Crippen LogP contribution in [0.15, 0.2) is 0 Å². The molecule has 0 radical (unpaired) electrons. The summed E-state index contributed by atoms with van der Waals surface area (Å²) >= 11 is -4.97. The Morgan fingerprint density at radius 1 is 0.553 bits per heavy atom. The van der Waals surface area contributed by atoms with E-state index in [0.717, 1.165) is 19.9 Å². The van der Waals surface area contributed by atoms with Crippen LogP contribution in [0, 0.1) is 5.92 Å². The molecule has 4 heteroatoms. The summed E-state index contributed by atoms with van der Waals surface area (Å²) in [6, 6.07) is 0. The molecule has 38 heavy (non-hydrogen) atoms. The van der Waals surface area contributed by atoms with Crippen LogP contribution >= 0.6 is 0 Å². The molecule has 0 N–H and O–H groups in total. The van der Waals surface area contributed by atoms with Gasteiger partial charge in [-0.3, -0.25) is 0 Å². The second kappa shape index (κ2) is 21.2. The van der Waals surface area contributed by atoms with E-state index in [1.165, 1.54) is 89.9 Å². The van der Waals surface area contributed by atoms with Crippen molar-refractivity contribution in [3.05, 3.63) is 0 Å². The third kappa shape index (κ3) is 10.1. The van der Waals surface area contributed by atoms with Crippen LogP contribution in [0.3, 0.4) is 0 Å². The van der Waals surface area contributed by atoms with Crippen molar-refractivity contribution in [2.24, 2.45) is 5.92 Å². The molecule has 0 amide bonds. The van der Waals surface area contributed by atoms with Crippen molar-refractivity contribution in [3.8, 4) is 0 Å². The van der Waals surface area contributed by atoms with Gasteiger partial charge in [0.25, 0.3) is 0 Å². The van der Waals surface area contributed by atoms with Crippen LogP contribution in [0.4, 0.5) is 0 Å². The summed E-state index contributed by atoms with van der Waals surface area (Å²) in [5.74, 6) is 0.895. The van der Waals surface area contributed by atoms with E-state index < -0.39 is 36.8 Å². The minimum absolute atomic E-state index is 0.496. The van der Waals surface area contributed by atoms with Crippen molar-refractivity contribution >= 4 is 36.8 Å². The zero-order valence-corrected chi connectivity index (χ0v) is 33.4. The van der Waals surface area contributed by atoms with Gasteiger partial charge in [0.2, 0.25) is 0 Å². The Morgan fingerprint density at radius 3 is 1.32 bits per heavy atom. The average molecular weight is 750 g/mol. The van der Waals surface area contributed by atoms with Crippen LogP contribution in [0.2, 0.25) is 34.0 Å². The molecule has 0 unspecified atom stereocenters. The molecule has 1 aliphatic rings. The standard InChI is InChI=1S/C10H18O2.6C4H9.2Sn/c1-3-4-5-9-6-10(9)7-12-8-11-2;6*1-3-4-2;;/h6,10H,3-5,7-8H2,1-2H3;6*1,3-4H2,2H3;;/t10-;;;;;;;;/m0......../s1. The van der Waals surface area contributed by atoms with E-state index >= 15 is 0 Å². The third-order valence-corrected chi connectivity index (χ3v) is 50.5. The predicted molar refractivity (Wildman–Crippen MR) is 177 cm³/mol. The molecule has 1 rings (SSSR count). The van der Waals surface area contributed by atoms with Crippen molar-refractivity contribution in [2.45, 2.75) is 179 Å². The first-order valence-electron chi connectivity index (χ1n) is 17.6. The Hall–Kier alpha value is 1.52. The number of methoxy groups -OCH3 is 1. The maximum absolute atomic E-state index is 6.43. The summed E-state index contributed by atoms with van der Waals surface area (Å²) < 4.78 is 23.9. The van der Waals surface area contributed by atoms with E-state index in [-0.39, 0.29) is 0 Å². The van der Waals surface area contributed by atoms with Crippen molar-refractivity contribution < 1.29 is 9.47 Å². The van der Waals surface area contributed by atoms with Gasteiger partial charge >= 0.3 is 251 Å². The van der Waals surface area contributed by atoms with E-state index in [1.54, 1.807) is 33.0 Å². The van der Waals surface area contributed by atoms with Gasteiger partial charge in [0, 0.05) is 0 Å². The maximum atomic E-state index is 6.43. The molecule has 1 saturated carbocycles. The summed E-state index contributed by atoms with van der Waals surface area (Å²) in [5.41, 5.74) is 0. The molecule has 3 atom stereocenters. The summed E-state index contributed by atoms with van der Waals surface area (Å²) in [6.45, 7) is 18.7. The molecular weight excluding hydrogens is 678 g/mol. The van der Waals surface area contributed by atoms with E-state index in [9.17, 15) is 0 Å². The van der Waals surface area contributed by atoms with Gasteiger partial charge in [-0.1, -0.05) is 0 Å². The Morgan fingerprint density at radius 2 is 0.947 bits per heavy atom. The molecule has 1 aliphatic carbocycles. The zero-order valence-electron chi connectivity index (χ0n) is 27.7. The second-order valence-corrected chi connectivity index (χ2v) is 41.3. The minimum atomic E-state index is -2.53. The summed E-state index contributed by atoms with van der Waals surface area (Å²) in [5, 5.41) is 0. The van der Waals surface area contributed by atoms with Gasteiger partial charge in [0.15, 0.2) is 0 Å². The number of unbranched alkanes of at least 4 members (excludes halogenated alkanes) is 7. The molecule has 0 spiro atoms. The van der Waals surface area contributed by atoms with E-state index in [0.29, 0.717) is 6.79 Å². The van der Waals surface area contributed by atoms with Gasteiger partial charge in [-0.15, -0.1) is 0 Å². The number of rotatable bonds is 27. The van der Waals surface area contributed by atoms with E-state index in [1.807, 2.05) is 7.11 Å². The summed E-state index contributed by atoms with van der Waals surface area (Å²) in [4.78, 5) is 0. The molecule has 2 nitrogen and oxygen atoms in total. The fourth-order valence-electron chi connectivity index (χ4n) is 8.84. The molecule has 0 aromatic heterocycles. The molecule has 228 valence electrons. The number of hydrogen-bond acceptors (Lipinski definition) is 2. The first-order chi connectivity index (χ1) is 18.5. The Kier molecular flexibility index (Phi) is 21.0. The fourth-order valence-corrected chi connectivity index (χ4v) is 65.4. The van der Waals surface area contributed by atoms with Crippen LogP contribution in [0.25, 0.3) is 0 Å². The number of hydrogen-bond donors (Lipinski definition) is 0. The van der Waals surface area contributed by atoms with E-state index in [4.69, 9.17) is 9.47 Å². The van der Waals surface area contributed by atoms with Gasteiger partial charge in [-0.25, -0.2) is 0 Å². The number of ether oxygens (including phenoxy) is 2. The average Bonchev–Trinajstić information content (AvgIpc) is 3.60. The van der Waals surface area contributed by atoms with E-state index in [2.05, 4.69) is 48.5 Å². The molecule has 0 aromatic rings. The van der Waals surface area contributed by atoms with Gasteiger partial charge in [0.1, 0.15) is 0 Å². The van der Waals surface area contributed by atoms with Crippen molar-refractivity contribution in [3.63, 3.8) is 0 Å². The third-order valence-electron chi connectivity index (χ3n) is 10.7. The monoisotopic (exact) mass is 752 g/mol. The molecule has 0 aliphatic heterocycles. The van der Waals surface area contributed by atoms with Crippen molar-refractivity contribution in [1.82, 2.24) is 0 Å². The first kappa shape index (κ1) is 37.5. The fraction of sp³-hybridized carbons (Fsp3) is 1.00. The van der Waals surface area contributed by atoms with Gasteiger partial charge in [-0.05, 0) is 0 Å². The Balaban J connectivity index is 3.82. The summed E-state index contributed by atoms with van der Waals surface area (Å²) in [6.07, 6.45) is 21.9. The molecule has 0 aromatic carbocycles. The zero-order chi connectivity index (χ0) is 28.3. The summed E-state index contributed by atoms with van der Waals surface area (Å²) in [7, 11) is 1.81. The van der Waals surface area contributed by atoms with Gasteiger partial charge in [-0.2, -0.15) is 0 Å². The van der Waals surface area contributed by atoms with Crippen LogP contribution in [-0.4, -0.2) is 57.3 Å². The van der Waals surface area contributed by atoms with Crippen LogP contribution in [-0.2, 0) is 9.47 Å². The molecule has 0 heterocycles. The van der Waals surface area contributed by atoms with Crippen LogP contribution < -0.4 is 0 Å².